The number of amides is 1. The van der Waals surface area contributed by atoms with Crippen molar-refractivity contribution in [3.63, 3.8) is 0 Å². The van der Waals surface area contributed by atoms with Gasteiger partial charge in [-0.05, 0) is 54.8 Å². The molecule has 0 spiro atoms. The van der Waals surface area contributed by atoms with E-state index in [0.717, 1.165) is 17.7 Å². The van der Waals surface area contributed by atoms with Gasteiger partial charge in [-0.25, -0.2) is 13.2 Å². The molecule has 2 aromatic rings. The molecule has 1 aliphatic rings. The zero-order valence-electron chi connectivity index (χ0n) is 15.4. The van der Waals surface area contributed by atoms with Crippen LogP contribution in [0.2, 0.25) is 5.02 Å². The Bertz CT molecular complexity index is 1050. The lowest BCUT2D eigenvalue weighted by Crippen LogP contribution is -2.33. The van der Waals surface area contributed by atoms with Crippen molar-refractivity contribution in [1.82, 2.24) is 0 Å². The van der Waals surface area contributed by atoms with Gasteiger partial charge in [0.05, 0.1) is 22.6 Å². The minimum Gasteiger partial charge on any atom is -0.465 e. The Morgan fingerprint density at radius 2 is 1.93 bits per heavy atom. The first-order valence-corrected chi connectivity index (χ1v) is 10.4. The van der Waals surface area contributed by atoms with Crippen LogP contribution < -0.4 is 9.62 Å². The maximum atomic E-state index is 12.8. The number of halogens is 1. The van der Waals surface area contributed by atoms with E-state index in [4.69, 9.17) is 11.6 Å². The SMILES string of the molecule is COC(=O)c1cc(NS(=O)(=O)c2ccc3c(c2)CCCN3C(C)=O)ccc1Cl. The first kappa shape index (κ1) is 20.2. The van der Waals surface area contributed by atoms with E-state index in [-0.39, 0.29) is 27.1 Å². The zero-order chi connectivity index (χ0) is 20.5. The summed E-state index contributed by atoms with van der Waals surface area (Å²) >= 11 is 5.97. The summed E-state index contributed by atoms with van der Waals surface area (Å²) in [4.78, 5) is 25.2. The van der Waals surface area contributed by atoms with Crippen molar-refractivity contribution < 1.29 is 22.7 Å². The van der Waals surface area contributed by atoms with Crippen molar-refractivity contribution in [1.29, 1.82) is 0 Å². The van der Waals surface area contributed by atoms with Crippen molar-refractivity contribution >= 4 is 44.9 Å². The molecule has 0 unspecified atom stereocenters. The largest absolute Gasteiger partial charge is 0.465 e. The van der Waals surface area contributed by atoms with Crippen LogP contribution in [0.3, 0.4) is 0 Å². The number of aryl methyl sites for hydroxylation is 1. The van der Waals surface area contributed by atoms with Crippen LogP contribution in [0.5, 0.6) is 0 Å². The van der Waals surface area contributed by atoms with Gasteiger partial charge >= 0.3 is 5.97 Å². The third-order valence-corrected chi connectivity index (χ3v) is 6.19. The van der Waals surface area contributed by atoms with Crippen LogP contribution in [-0.2, 0) is 26.0 Å². The Morgan fingerprint density at radius 3 is 2.61 bits per heavy atom. The van der Waals surface area contributed by atoms with Gasteiger partial charge in [0, 0.05) is 24.8 Å². The molecule has 1 aliphatic heterocycles. The second-order valence-corrected chi connectivity index (χ2v) is 8.45. The van der Waals surface area contributed by atoms with E-state index in [1.54, 1.807) is 17.0 Å². The summed E-state index contributed by atoms with van der Waals surface area (Å²) in [5, 5.41) is 0.160. The van der Waals surface area contributed by atoms with Gasteiger partial charge in [-0.3, -0.25) is 9.52 Å². The summed E-state index contributed by atoms with van der Waals surface area (Å²) in [7, 11) is -2.68. The lowest BCUT2D eigenvalue weighted by molar-refractivity contribution is -0.116. The van der Waals surface area contributed by atoms with E-state index in [1.807, 2.05) is 0 Å². The normalized spacial score (nSPS) is 13.6. The summed E-state index contributed by atoms with van der Waals surface area (Å²) < 4.78 is 32.7. The van der Waals surface area contributed by atoms with E-state index in [1.165, 1.54) is 38.3 Å². The number of benzene rings is 2. The predicted octanol–water partition coefficient (Wildman–Crippen LogP) is 3.23. The minimum atomic E-state index is -3.90. The molecule has 0 aromatic heterocycles. The molecule has 0 radical (unpaired) electrons. The maximum absolute atomic E-state index is 12.8. The standard InChI is InChI=1S/C19H19ClN2O5S/c1-12(23)22-9-3-4-13-10-15(6-8-18(13)22)28(25,26)21-14-5-7-17(20)16(11-14)19(24)27-2/h5-8,10-11,21H,3-4,9H2,1-2H3. The second-order valence-electron chi connectivity index (χ2n) is 6.36. The average Bonchev–Trinajstić information content (AvgIpc) is 2.67. The summed E-state index contributed by atoms with van der Waals surface area (Å²) in [6.07, 6.45) is 1.46. The molecule has 0 aliphatic carbocycles. The molecular weight excluding hydrogens is 404 g/mol. The van der Waals surface area contributed by atoms with Crippen molar-refractivity contribution in [2.75, 3.05) is 23.3 Å². The number of rotatable bonds is 4. The molecule has 0 bridgehead atoms. The number of fused-ring (bicyclic) bond motifs is 1. The molecular formula is C19H19ClN2O5S. The molecule has 0 saturated carbocycles. The summed E-state index contributed by atoms with van der Waals surface area (Å²) in [5.41, 5.74) is 1.78. The smallest absolute Gasteiger partial charge is 0.339 e. The zero-order valence-corrected chi connectivity index (χ0v) is 16.9. The van der Waals surface area contributed by atoms with Crippen LogP contribution in [0, 0.1) is 0 Å². The van der Waals surface area contributed by atoms with Gasteiger partial charge in [-0.1, -0.05) is 11.6 Å². The lowest BCUT2D eigenvalue weighted by atomic mass is 10.0. The Balaban J connectivity index is 1.92. The minimum absolute atomic E-state index is 0.0620. The van der Waals surface area contributed by atoms with E-state index in [9.17, 15) is 18.0 Å². The molecule has 28 heavy (non-hydrogen) atoms. The number of hydrogen-bond donors (Lipinski definition) is 1. The molecule has 0 fully saturated rings. The fraction of sp³-hybridized carbons (Fsp3) is 0.263. The molecule has 2 aromatic carbocycles. The highest BCUT2D eigenvalue weighted by molar-refractivity contribution is 7.92. The predicted molar refractivity (Wildman–Crippen MR) is 106 cm³/mol. The number of hydrogen-bond acceptors (Lipinski definition) is 5. The first-order valence-electron chi connectivity index (χ1n) is 8.54. The van der Waals surface area contributed by atoms with Crippen molar-refractivity contribution in [3.8, 4) is 0 Å². The van der Waals surface area contributed by atoms with E-state index >= 15 is 0 Å². The van der Waals surface area contributed by atoms with Crippen molar-refractivity contribution in [2.45, 2.75) is 24.7 Å². The number of esters is 1. The van der Waals surface area contributed by atoms with Gasteiger partial charge < -0.3 is 9.64 Å². The van der Waals surface area contributed by atoms with E-state index < -0.39 is 16.0 Å². The van der Waals surface area contributed by atoms with E-state index in [0.29, 0.717) is 13.0 Å². The monoisotopic (exact) mass is 422 g/mol. The number of methoxy groups -OCH3 is 1. The molecule has 0 saturated heterocycles. The van der Waals surface area contributed by atoms with Crippen LogP contribution in [0.25, 0.3) is 0 Å². The van der Waals surface area contributed by atoms with Crippen LogP contribution in [-0.4, -0.2) is 33.9 Å². The molecule has 1 amide bonds. The number of sulfonamides is 1. The fourth-order valence-corrected chi connectivity index (χ4v) is 4.43. The fourth-order valence-electron chi connectivity index (χ4n) is 3.14. The number of anilines is 2. The van der Waals surface area contributed by atoms with Gasteiger partial charge in [0.1, 0.15) is 0 Å². The van der Waals surface area contributed by atoms with Crippen molar-refractivity contribution in [2.24, 2.45) is 0 Å². The number of carbonyl (C=O) groups excluding carboxylic acids is 2. The van der Waals surface area contributed by atoms with Crippen LogP contribution in [0.1, 0.15) is 29.3 Å². The summed E-state index contributed by atoms with van der Waals surface area (Å²) in [5.74, 6) is -0.740. The van der Waals surface area contributed by atoms with Crippen LogP contribution >= 0.6 is 11.6 Å². The number of nitrogens with zero attached hydrogens (tertiary/aromatic N) is 1. The van der Waals surface area contributed by atoms with Gasteiger partial charge in [0.2, 0.25) is 5.91 Å². The Kier molecular flexibility index (Phi) is 5.62. The van der Waals surface area contributed by atoms with Crippen molar-refractivity contribution in [3.05, 3.63) is 52.5 Å². The summed E-state index contributed by atoms with van der Waals surface area (Å²) in [6.45, 7) is 2.11. The number of nitrogens with one attached hydrogen (secondary N) is 1. The Morgan fingerprint density at radius 1 is 1.18 bits per heavy atom. The molecule has 148 valence electrons. The van der Waals surface area contributed by atoms with Gasteiger partial charge in [-0.15, -0.1) is 0 Å². The van der Waals surface area contributed by atoms with Gasteiger partial charge in [0.25, 0.3) is 10.0 Å². The Hall–Kier alpha value is -2.58. The molecule has 3 rings (SSSR count). The van der Waals surface area contributed by atoms with Gasteiger partial charge in [0.15, 0.2) is 0 Å². The molecule has 1 heterocycles. The third-order valence-electron chi connectivity index (χ3n) is 4.48. The quantitative estimate of drug-likeness (QED) is 0.763. The Labute approximate surface area is 168 Å². The van der Waals surface area contributed by atoms with Gasteiger partial charge in [-0.2, -0.15) is 0 Å². The highest BCUT2D eigenvalue weighted by atomic mass is 35.5. The molecule has 7 nitrogen and oxygen atoms in total. The van der Waals surface area contributed by atoms with Crippen LogP contribution in [0.15, 0.2) is 41.3 Å². The third kappa shape index (κ3) is 3.98. The van der Waals surface area contributed by atoms with Crippen LogP contribution in [0.4, 0.5) is 11.4 Å². The molecule has 0 atom stereocenters. The number of carbonyl (C=O) groups is 2. The number of ether oxygens (including phenoxy) is 1. The lowest BCUT2D eigenvalue weighted by Gasteiger charge is -2.28. The summed E-state index contributed by atoms with van der Waals surface area (Å²) in [6, 6.07) is 8.88. The maximum Gasteiger partial charge on any atom is 0.339 e. The van der Waals surface area contributed by atoms with E-state index in [2.05, 4.69) is 9.46 Å². The first-order chi connectivity index (χ1) is 13.2. The highest BCUT2D eigenvalue weighted by Crippen LogP contribution is 2.30. The highest BCUT2D eigenvalue weighted by Gasteiger charge is 2.23. The molecule has 1 N–H and O–H groups in total. The second kappa shape index (κ2) is 7.81. The topological polar surface area (TPSA) is 92.8 Å². The molecule has 9 heteroatoms. The average molecular weight is 423 g/mol.